The second-order valence-corrected chi connectivity index (χ2v) is 7.68. The van der Waals surface area contributed by atoms with Gasteiger partial charge in [-0.25, -0.2) is 14.4 Å². The Labute approximate surface area is 249 Å². The summed E-state index contributed by atoms with van der Waals surface area (Å²) in [6.45, 7) is -0.762. The van der Waals surface area contributed by atoms with E-state index in [2.05, 4.69) is 4.74 Å². The second-order valence-electron chi connectivity index (χ2n) is 7.68. The summed E-state index contributed by atoms with van der Waals surface area (Å²) in [5.74, 6) is -3.75. The summed E-state index contributed by atoms with van der Waals surface area (Å²) in [4.78, 5) is 40.9. The van der Waals surface area contributed by atoms with Gasteiger partial charge in [0.25, 0.3) is 0 Å². The zero-order chi connectivity index (χ0) is 34.1. The largest absolute Gasteiger partial charge is 0.480 e. The lowest BCUT2D eigenvalue weighted by Crippen LogP contribution is -2.34. The van der Waals surface area contributed by atoms with E-state index < -0.39 is 62.1 Å². The van der Waals surface area contributed by atoms with Crippen molar-refractivity contribution in [2.45, 2.75) is 31.3 Å². The Bertz CT molecular complexity index is 663. The van der Waals surface area contributed by atoms with Gasteiger partial charge in [-0.05, 0) is 0 Å². The van der Waals surface area contributed by atoms with Gasteiger partial charge in [-0.2, -0.15) is 0 Å². The zero-order valence-electron chi connectivity index (χ0n) is 25.1. The zero-order valence-corrected chi connectivity index (χ0v) is 25.1. The molecule has 0 fully saturated rings. The van der Waals surface area contributed by atoms with Crippen LogP contribution in [0.5, 0.6) is 0 Å². The van der Waals surface area contributed by atoms with Gasteiger partial charge >= 0.3 is 23.9 Å². The molecule has 19 nitrogen and oxygen atoms in total. The molecule has 0 radical (unpaired) electrons. The number of carbonyl (C=O) groups is 4. The molecule has 4 unspecified atom stereocenters. The average Bonchev–Trinajstić information content (AvgIpc) is 2.97. The fourth-order valence-corrected chi connectivity index (χ4v) is 2.10. The molecule has 0 rings (SSSR count). The number of hydrogen-bond acceptors (Lipinski definition) is 16. The number of aliphatic hydroxyl groups excluding tert-OH is 4. The summed E-state index contributed by atoms with van der Waals surface area (Å²) in [7, 11) is 5.26. The van der Waals surface area contributed by atoms with Gasteiger partial charge in [-0.1, -0.05) is 0 Å². The molecule has 0 aliphatic heterocycles. The van der Waals surface area contributed by atoms with E-state index in [9.17, 15) is 19.2 Å². The number of methoxy groups -OCH3 is 3. The molecule has 0 aromatic heterocycles. The highest BCUT2D eigenvalue weighted by molar-refractivity contribution is 5.68. The van der Waals surface area contributed by atoms with E-state index in [0.29, 0.717) is 0 Å². The fourth-order valence-electron chi connectivity index (χ4n) is 2.10. The van der Waals surface area contributed by atoms with Gasteiger partial charge in [-0.3, -0.25) is 4.79 Å². The Balaban J connectivity index is -0.000000331. The maximum atomic E-state index is 10.5. The topological polar surface area (TPSA) is 284 Å². The van der Waals surface area contributed by atoms with Gasteiger partial charge in [0.2, 0.25) is 0 Å². The number of rotatable bonds is 23. The Morgan fingerprint density at radius 3 is 1.33 bits per heavy atom. The van der Waals surface area contributed by atoms with Crippen molar-refractivity contribution >= 4 is 23.9 Å². The molecule has 0 aromatic rings. The van der Waals surface area contributed by atoms with Crippen molar-refractivity contribution in [2.75, 3.05) is 101 Å². The average molecular weight is 641 g/mol. The second kappa shape index (κ2) is 35.6. The van der Waals surface area contributed by atoms with Crippen molar-refractivity contribution in [3.05, 3.63) is 0 Å². The van der Waals surface area contributed by atoms with Crippen LogP contribution < -0.4 is 0 Å². The maximum absolute atomic E-state index is 10.5. The first-order valence-corrected chi connectivity index (χ1v) is 12.4. The third kappa shape index (κ3) is 41.6. The van der Waals surface area contributed by atoms with Crippen LogP contribution in [-0.4, -0.2) is 185 Å². The van der Waals surface area contributed by atoms with Gasteiger partial charge in [0.05, 0.1) is 60.0 Å². The quantitative estimate of drug-likeness (QED) is 0.0542. The van der Waals surface area contributed by atoms with E-state index in [4.69, 9.17) is 68.9 Å². The minimum absolute atomic E-state index is 0.00505. The van der Waals surface area contributed by atoms with E-state index in [1.165, 1.54) is 28.3 Å². The molecule has 0 aliphatic rings. The number of ether oxygens (including phenoxy) is 8. The Morgan fingerprint density at radius 2 is 0.977 bits per heavy atom. The monoisotopic (exact) mass is 640 g/mol. The van der Waals surface area contributed by atoms with Crippen molar-refractivity contribution in [3.8, 4) is 0 Å². The van der Waals surface area contributed by atoms with Crippen LogP contribution in [0.2, 0.25) is 0 Å². The lowest BCUT2D eigenvalue weighted by Gasteiger charge is -2.21. The van der Waals surface area contributed by atoms with E-state index in [0.717, 1.165) is 7.11 Å². The Morgan fingerprint density at radius 1 is 0.581 bits per heavy atom. The standard InChI is InChI=1S/C13H22O11.C7H16O5.C3H6O2.CH4O/c1-20-2-9(3-21-6-11(14)15)23-5-10(24-8-13(18)19)4-22-7-12(16)17;1-11-5-7(3-9)12-4-6(10)2-8;1-3(4)5-2;1-2/h9-10H,2-8H2,1H3,(H,14,15)(H,16,17)(H,18,19);6-10H,2-5H2,1H3;1-2H3;2H,1H3. The van der Waals surface area contributed by atoms with Crippen molar-refractivity contribution in [3.63, 3.8) is 0 Å². The molecule has 0 bridgehead atoms. The van der Waals surface area contributed by atoms with Gasteiger partial charge in [0.1, 0.15) is 44.2 Å². The van der Waals surface area contributed by atoms with Crippen LogP contribution in [0.3, 0.4) is 0 Å². The number of esters is 1. The predicted molar refractivity (Wildman–Crippen MR) is 144 cm³/mol. The SMILES string of the molecule is CO.COC(C)=O.COCC(CO)OCC(O)CO.COCC(COCC(=O)O)OCC(COCC(=O)O)OCC(=O)O. The van der Waals surface area contributed by atoms with Crippen LogP contribution in [0.4, 0.5) is 0 Å². The summed E-state index contributed by atoms with van der Waals surface area (Å²) in [5.41, 5.74) is 0. The van der Waals surface area contributed by atoms with Gasteiger partial charge < -0.3 is 73.6 Å². The third-order valence-electron chi connectivity index (χ3n) is 3.95. The highest BCUT2D eigenvalue weighted by atomic mass is 16.6. The summed E-state index contributed by atoms with van der Waals surface area (Å²) in [6.07, 6.45) is -2.75. The lowest BCUT2D eigenvalue weighted by molar-refractivity contribution is -0.155. The molecule has 43 heavy (non-hydrogen) atoms. The molecular weight excluding hydrogens is 592 g/mol. The van der Waals surface area contributed by atoms with Crippen LogP contribution in [-0.2, 0) is 57.1 Å². The summed E-state index contributed by atoms with van der Waals surface area (Å²) in [5, 5.41) is 58.6. The molecule has 0 amide bonds. The number of aliphatic carboxylic acids is 3. The molecule has 0 aromatic carbocycles. The van der Waals surface area contributed by atoms with Gasteiger partial charge in [0, 0.05) is 28.3 Å². The molecule has 0 saturated carbocycles. The van der Waals surface area contributed by atoms with E-state index in [1.807, 2.05) is 0 Å². The van der Waals surface area contributed by atoms with E-state index >= 15 is 0 Å². The van der Waals surface area contributed by atoms with E-state index in [-0.39, 0.29) is 58.8 Å². The van der Waals surface area contributed by atoms with Gasteiger partial charge in [-0.15, -0.1) is 0 Å². The summed E-state index contributed by atoms with van der Waals surface area (Å²) < 4.78 is 39.0. The molecular formula is C24H48O19. The van der Waals surface area contributed by atoms with Crippen LogP contribution in [0, 0.1) is 0 Å². The molecule has 0 aliphatic carbocycles. The highest BCUT2D eigenvalue weighted by Gasteiger charge is 2.17. The normalized spacial score (nSPS) is 12.9. The molecule has 0 saturated heterocycles. The minimum Gasteiger partial charge on any atom is -0.480 e. The highest BCUT2D eigenvalue weighted by Crippen LogP contribution is 2.02. The van der Waals surface area contributed by atoms with Crippen LogP contribution in [0.25, 0.3) is 0 Å². The third-order valence-corrected chi connectivity index (χ3v) is 3.95. The maximum Gasteiger partial charge on any atom is 0.329 e. The Kier molecular flexibility index (Phi) is 39.3. The molecule has 258 valence electrons. The van der Waals surface area contributed by atoms with Crippen molar-refractivity contribution in [1.29, 1.82) is 0 Å². The number of carbonyl (C=O) groups excluding carboxylic acids is 1. The molecule has 7 N–H and O–H groups in total. The Hall–Kier alpha value is -2.56. The number of hydrogen-bond donors (Lipinski definition) is 7. The number of carboxylic acid groups (broad SMARTS) is 3. The van der Waals surface area contributed by atoms with Crippen LogP contribution in [0.15, 0.2) is 0 Å². The minimum atomic E-state index is -1.20. The summed E-state index contributed by atoms with van der Waals surface area (Å²) >= 11 is 0. The number of aliphatic hydroxyl groups is 4. The molecule has 0 spiro atoms. The first-order valence-electron chi connectivity index (χ1n) is 12.4. The van der Waals surface area contributed by atoms with Gasteiger partial charge in [0.15, 0.2) is 0 Å². The first kappa shape index (κ1) is 47.4. The van der Waals surface area contributed by atoms with Crippen LogP contribution in [0.1, 0.15) is 6.92 Å². The van der Waals surface area contributed by atoms with Crippen molar-refractivity contribution < 1.29 is 92.8 Å². The smallest absolute Gasteiger partial charge is 0.329 e. The molecule has 0 heterocycles. The fraction of sp³-hybridized carbons (Fsp3) is 0.833. The molecule has 4 atom stereocenters. The van der Waals surface area contributed by atoms with Crippen molar-refractivity contribution in [2.24, 2.45) is 0 Å². The lowest BCUT2D eigenvalue weighted by atomic mass is 10.3. The molecule has 19 heteroatoms. The first-order chi connectivity index (χ1) is 20.4. The predicted octanol–water partition coefficient (Wildman–Crippen LogP) is -3.16. The summed E-state index contributed by atoms with van der Waals surface area (Å²) in [6, 6.07) is 0. The van der Waals surface area contributed by atoms with Crippen molar-refractivity contribution in [1.82, 2.24) is 0 Å². The number of carboxylic acids is 3. The van der Waals surface area contributed by atoms with Crippen LogP contribution >= 0.6 is 0 Å². The van der Waals surface area contributed by atoms with E-state index in [1.54, 1.807) is 0 Å².